The van der Waals surface area contributed by atoms with Gasteiger partial charge in [0.15, 0.2) is 0 Å². The SMILES string of the molecule is CCc1cc(CNC(/C=N\N(C)C=O)C(C)Cl)ccc1F. The first-order valence-corrected chi connectivity index (χ1v) is 7.28. The number of carbonyl (C=O) groups is 1. The molecule has 4 nitrogen and oxygen atoms in total. The summed E-state index contributed by atoms with van der Waals surface area (Å²) in [4.78, 5) is 10.5. The second-order valence-corrected chi connectivity index (χ2v) is 5.50. The van der Waals surface area contributed by atoms with Crippen molar-refractivity contribution in [2.24, 2.45) is 5.10 Å². The molecule has 0 fully saturated rings. The molecule has 0 radical (unpaired) electrons. The van der Waals surface area contributed by atoms with Gasteiger partial charge in [0.25, 0.3) is 0 Å². The third kappa shape index (κ3) is 5.81. The summed E-state index contributed by atoms with van der Waals surface area (Å²) in [5.41, 5.74) is 1.67. The van der Waals surface area contributed by atoms with E-state index in [2.05, 4.69) is 10.4 Å². The molecular weight excluding hydrogens is 293 g/mol. The van der Waals surface area contributed by atoms with Crippen LogP contribution >= 0.6 is 11.6 Å². The average molecular weight is 314 g/mol. The Morgan fingerprint density at radius 3 is 2.81 bits per heavy atom. The fourth-order valence-corrected chi connectivity index (χ4v) is 1.94. The summed E-state index contributed by atoms with van der Waals surface area (Å²) in [7, 11) is 1.55. The zero-order valence-electron chi connectivity index (χ0n) is 12.5. The average Bonchev–Trinajstić information content (AvgIpc) is 2.47. The van der Waals surface area contributed by atoms with Gasteiger partial charge in [0.1, 0.15) is 5.82 Å². The molecule has 1 aromatic carbocycles. The van der Waals surface area contributed by atoms with Crippen molar-refractivity contribution >= 4 is 24.2 Å². The topological polar surface area (TPSA) is 44.7 Å². The zero-order chi connectivity index (χ0) is 15.8. The van der Waals surface area contributed by atoms with Crippen molar-refractivity contribution in [3.63, 3.8) is 0 Å². The standard InChI is InChI=1S/C15H21ClFN3O/c1-4-13-7-12(5-6-14(13)17)8-18-15(11(2)16)9-19-20(3)10-21/h5-7,9-11,15,18H,4,8H2,1-3H3/b19-9-. The van der Waals surface area contributed by atoms with Crippen LogP contribution in [0.4, 0.5) is 4.39 Å². The molecule has 1 N–H and O–H groups in total. The van der Waals surface area contributed by atoms with Crippen molar-refractivity contribution < 1.29 is 9.18 Å². The Bertz CT molecular complexity index is 494. The van der Waals surface area contributed by atoms with Gasteiger partial charge in [0, 0.05) is 19.8 Å². The van der Waals surface area contributed by atoms with Crippen LogP contribution < -0.4 is 5.32 Å². The first-order chi connectivity index (χ1) is 9.97. The predicted octanol–water partition coefficient (Wildman–Crippen LogP) is 2.55. The minimum Gasteiger partial charge on any atom is -0.304 e. The number of rotatable bonds is 8. The molecule has 0 aromatic heterocycles. The molecule has 0 spiro atoms. The number of hydrogen-bond acceptors (Lipinski definition) is 3. The summed E-state index contributed by atoms with van der Waals surface area (Å²) < 4.78 is 13.4. The highest BCUT2D eigenvalue weighted by atomic mass is 35.5. The number of alkyl halides is 1. The maximum Gasteiger partial charge on any atom is 0.229 e. The predicted molar refractivity (Wildman–Crippen MR) is 84.0 cm³/mol. The van der Waals surface area contributed by atoms with Crippen LogP contribution in [0.15, 0.2) is 23.3 Å². The Hall–Kier alpha value is -1.46. The van der Waals surface area contributed by atoms with Crippen LogP contribution in [-0.2, 0) is 17.8 Å². The number of nitrogens with one attached hydrogen (secondary N) is 1. The number of carbonyl (C=O) groups excluding carboxylic acids is 1. The Labute approximate surface area is 130 Å². The minimum absolute atomic E-state index is 0.183. The normalized spacial score (nSPS) is 14.1. The number of amides is 1. The van der Waals surface area contributed by atoms with Crippen molar-refractivity contribution in [3.8, 4) is 0 Å². The molecule has 0 aliphatic heterocycles. The first-order valence-electron chi connectivity index (χ1n) is 6.85. The number of hydrazone groups is 1. The van der Waals surface area contributed by atoms with E-state index >= 15 is 0 Å². The molecule has 21 heavy (non-hydrogen) atoms. The third-order valence-electron chi connectivity index (χ3n) is 3.09. The van der Waals surface area contributed by atoms with Gasteiger partial charge in [0.2, 0.25) is 6.41 Å². The lowest BCUT2D eigenvalue weighted by Crippen LogP contribution is -2.37. The smallest absolute Gasteiger partial charge is 0.229 e. The summed E-state index contributed by atoms with van der Waals surface area (Å²) in [5.74, 6) is -0.183. The Morgan fingerprint density at radius 2 is 2.24 bits per heavy atom. The van der Waals surface area contributed by atoms with Gasteiger partial charge in [-0.3, -0.25) is 4.79 Å². The number of hydrogen-bond donors (Lipinski definition) is 1. The van der Waals surface area contributed by atoms with E-state index in [-0.39, 0.29) is 17.2 Å². The van der Waals surface area contributed by atoms with Crippen molar-refractivity contribution in [2.45, 2.75) is 38.2 Å². The summed E-state index contributed by atoms with van der Waals surface area (Å²) >= 11 is 6.10. The summed E-state index contributed by atoms with van der Waals surface area (Å²) in [6.45, 7) is 4.31. The molecular formula is C15H21ClFN3O. The van der Waals surface area contributed by atoms with E-state index in [9.17, 15) is 9.18 Å². The molecule has 2 atom stereocenters. The number of benzene rings is 1. The van der Waals surface area contributed by atoms with Crippen LogP contribution in [0, 0.1) is 5.82 Å². The molecule has 1 rings (SSSR count). The van der Waals surface area contributed by atoms with Gasteiger partial charge in [-0.2, -0.15) is 5.10 Å². The summed E-state index contributed by atoms with van der Waals surface area (Å²) in [5, 5.41) is 8.17. The molecule has 0 aliphatic carbocycles. The maximum atomic E-state index is 13.4. The van der Waals surface area contributed by atoms with E-state index in [0.29, 0.717) is 24.9 Å². The van der Waals surface area contributed by atoms with E-state index in [1.54, 1.807) is 19.3 Å². The second kappa shape index (κ2) is 8.74. The van der Waals surface area contributed by atoms with Gasteiger partial charge in [-0.15, -0.1) is 11.6 Å². The summed E-state index contributed by atoms with van der Waals surface area (Å²) in [6, 6.07) is 4.87. The lowest BCUT2D eigenvalue weighted by molar-refractivity contribution is -0.116. The number of nitrogens with zero attached hydrogens (tertiary/aromatic N) is 2. The highest BCUT2D eigenvalue weighted by molar-refractivity contribution is 6.21. The lowest BCUT2D eigenvalue weighted by atomic mass is 10.1. The molecule has 0 bridgehead atoms. The van der Waals surface area contributed by atoms with Crippen LogP contribution in [0.5, 0.6) is 0 Å². The van der Waals surface area contributed by atoms with E-state index in [1.165, 1.54) is 11.1 Å². The second-order valence-electron chi connectivity index (χ2n) is 4.81. The van der Waals surface area contributed by atoms with E-state index in [0.717, 1.165) is 5.56 Å². The van der Waals surface area contributed by atoms with E-state index in [4.69, 9.17) is 11.6 Å². The maximum absolute atomic E-state index is 13.4. The molecule has 0 saturated heterocycles. The van der Waals surface area contributed by atoms with Crippen LogP contribution in [0.1, 0.15) is 25.0 Å². The van der Waals surface area contributed by atoms with Gasteiger partial charge < -0.3 is 5.32 Å². The first kappa shape index (κ1) is 17.6. The van der Waals surface area contributed by atoms with Crippen LogP contribution in [-0.4, -0.2) is 36.1 Å². The van der Waals surface area contributed by atoms with Crippen molar-refractivity contribution in [1.82, 2.24) is 10.3 Å². The Kier molecular flexibility index (Phi) is 7.32. The monoisotopic (exact) mass is 313 g/mol. The van der Waals surface area contributed by atoms with Crippen LogP contribution in [0.3, 0.4) is 0 Å². The highest BCUT2D eigenvalue weighted by Gasteiger charge is 2.12. The fraction of sp³-hybridized carbons (Fsp3) is 0.467. The molecule has 6 heteroatoms. The van der Waals surface area contributed by atoms with E-state index < -0.39 is 0 Å². The fourth-order valence-electron chi connectivity index (χ4n) is 1.78. The van der Waals surface area contributed by atoms with Crippen molar-refractivity contribution in [2.75, 3.05) is 7.05 Å². The van der Waals surface area contributed by atoms with Crippen LogP contribution in [0.25, 0.3) is 0 Å². The van der Waals surface area contributed by atoms with Gasteiger partial charge in [-0.05, 0) is 30.5 Å². The highest BCUT2D eigenvalue weighted by Crippen LogP contribution is 2.12. The quantitative estimate of drug-likeness (QED) is 0.347. The molecule has 0 aliphatic rings. The third-order valence-corrected chi connectivity index (χ3v) is 3.36. The molecule has 1 aromatic rings. The minimum atomic E-state index is -0.195. The molecule has 116 valence electrons. The Balaban J connectivity index is 2.69. The molecule has 2 unspecified atom stereocenters. The molecule has 1 amide bonds. The van der Waals surface area contributed by atoms with Crippen molar-refractivity contribution in [3.05, 3.63) is 35.1 Å². The van der Waals surface area contributed by atoms with Crippen LogP contribution in [0.2, 0.25) is 0 Å². The lowest BCUT2D eigenvalue weighted by Gasteiger charge is -2.17. The van der Waals surface area contributed by atoms with Crippen molar-refractivity contribution in [1.29, 1.82) is 0 Å². The molecule has 0 saturated carbocycles. The summed E-state index contributed by atoms with van der Waals surface area (Å²) in [6.07, 6.45) is 2.86. The number of halogens is 2. The molecule has 0 heterocycles. The van der Waals surface area contributed by atoms with E-state index in [1.807, 2.05) is 19.9 Å². The largest absolute Gasteiger partial charge is 0.304 e. The zero-order valence-corrected chi connectivity index (χ0v) is 13.3. The van der Waals surface area contributed by atoms with Gasteiger partial charge >= 0.3 is 0 Å². The van der Waals surface area contributed by atoms with Gasteiger partial charge in [-0.1, -0.05) is 19.1 Å². The van der Waals surface area contributed by atoms with Gasteiger partial charge in [-0.25, -0.2) is 9.40 Å². The number of aryl methyl sites for hydroxylation is 1. The van der Waals surface area contributed by atoms with Gasteiger partial charge in [0.05, 0.1) is 11.4 Å². The Morgan fingerprint density at radius 1 is 1.52 bits per heavy atom.